The van der Waals surface area contributed by atoms with E-state index in [9.17, 15) is 0 Å². The molecule has 0 aromatic heterocycles. The molecule has 1 aliphatic rings. The van der Waals surface area contributed by atoms with Crippen LogP contribution in [0.2, 0.25) is 0 Å². The summed E-state index contributed by atoms with van der Waals surface area (Å²) in [6.07, 6.45) is 0. The molecule has 0 spiro atoms. The van der Waals surface area contributed by atoms with Gasteiger partial charge in [-0.25, -0.2) is 0 Å². The monoisotopic (exact) mass is 739 g/mol. The van der Waals surface area contributed by atoms with E-state index < -0.39 is 0 Å². The van der Waals surface area contributed by atoms with Crippen LogP contribution in [-0.4, -0.2) is 0 Å². The van der Waals surface area contributed by atoms with Crippen molar-refractivity contribution in [2.45, 2.75) is 0 Å². The van der Waals surface area contributed by atoms with Crippen molar-refractivity contribution in [2.75, 3.05) is 4.90 Å². The van der Waals surface area contributed by atoms with Crippen molar-refractivity contribution >= 4 is 38.6 Å². The van der Waals surface area contributed by atoms with Gasteiger partial charge in [0.05, 0.1) is 0 Å². The Morgan fingerprint density at radius 3 is 1.53 bits per heavy atom. The molecule has 58 heavy (non-hydrogen) atoms. The van der Waals surface area contributed by atoms with E-state index in [0.29, 0.717) is 0 Å². The molecule has 0 N–H and O–H groups in total. The first-order chi connectivity index (χ1) is 28.7. The summed E-state index contributed by atoms with van der Waals surface area (Å²) in [5.41, 5.74) is 15.1. The first-order valence-electron chi connectivity index (χ1n) is 19.8. The summed E-state index contributed by atoms with van der Waals surface area (Å²) in [5.74, 6) is 1.79. The number of benzene rings is 10. The lowest BCUT2D eigenvalue weighted by Gasteiger charge is -2.27. The molecular formula is C56H37NO. The normalized spacial score (nSPS) is 11.6. The Bertz CT molecular complexity index is 3100. The maximum Gasteiger partial charge on any atom is 0.135 e. The molecule has 10 aromatic carbocycles. The molecular weight excluding hydrogens is 703 g/mol. The second-order valence-corrected chi connectivity index (χ2v) is 14.9. The number of rotatable bonds is 7. The summed E-state index contributed by atoms with van der Waals surface area (Å²) < 4.78 is 6.43. The van der Waals surface area contributed by atoms with E-state index >= 15 is 0 Å². The van der Waals surface area contributed by atoms with Gasteiger partial charge in [0.15, 0.2) is 0 Å². The van der Waals surface area contributed by atoms with Gasteiger partial charge in [-0.05, 0) is 121 Å². The second kappa shape index (κ2) is 14.1. The average Bonchev–Trinajstić information content (AvgIpc) is 3.30. The zero-order valence-electron chi connectivity index (χ0n) is 31.7. The fraction of sp³-hybridized carbons (Fsp3) is 0. The van der Waals surface area contributed by atoms with Crippen LogP contribution < -0.4 is 9.64 Å². The van der Waals surface area contributed by atoms with Crippen LogP contribution in [0.15, 0.2) is 224 Å². The zero-order valence-corrected chi connectivity index (χ0v) is 31.7. The Balaban J connectivity index is 0.958. The average molecular weight is 740 g/mol. The van der Waals surface area contributed by atoms with Crippen LogP contribution in [0.4, 0.5) is 17.1 Å². The molecule has 0 bridgehead atoms. The Morgan fingerprint density at radius 1 is 0.276 bits per heavy atom. The van der Waals surface area contributed by atoms with Crippen molar-refractivity contribution in [3.63, 3.8) is 0 Å². The molecule has 10 aromatic rings. The minimum absolute atomic E-state index is 0.884. The van der Waals surface area contributed by atoms with Gasteiger partial charge in [0.25, 0.3) is 0 Å². The van der Waals surface area contributed by atoms with Crippen LogP contribution in [0.1, 0.15) is 0 Å². The summed E-state index contributed by atoms with van der Waals surface area (Å²) in [6, 6.07) is 80.6. The van der Waals surface area contributed by atoms with Crippen LogP contribution in [0.5, 0.6) is 11.5 Å². The van der Waals surface area contributed by atoms with Crippen LogP contribution in [0.3, 0.4) is 0 Å². The molecule has 0 unspecified atom stereocenters. The predicted octanol–water partition coefficient (Wildman–Crippen LogP) is 15.9. The quantitative estimate of drug-likeness (QED) is 0.161. The van der Waals surface area contributed by atoms with Crippen molar-refractivity contribution in [3.8, 4) is 67.1 Å². The largest absolute Gasteiger partial charge is 0.456 e. The molecule has 1 aliphatic heterocycles. The van der Waals surface area contributed by atoms with Gasteiger partial charge in [-0.1, -0.05) is 170 Å². The van der Waals surface area contributed by atoms with E-state index in [1.807, 2.05) is 0 Å². The van der Waals surface area contributed by atoms with Crippen molar-refractivity contribution in [3.05, 3.63) is 224 Å². The van der Waals surface area contributed by atoms with Crippen molar-refractivity contribution in [2.24, 2.45) is 0 Å². The maximum absolute atomic E-state index is 6.43. The first kappa shape index (κ1) is 33.6. The van der Waals surface area contributed by atoms with Crippen molar-refractivity contribution < 1.29 is 4.74 Å². The zero-order chi connectivity index (χ0) is 38.4. The minimum atomic E-state index is 0.884. The first-order valence-corrected chi connectivity index (χ1v) is 19.8. The van der Waals surface area contributed by atoms with Crippen molar-refractivity contribution in [1.29, 1.82) is 0 Å². The van der Waals surface area contributed by atoms with Gasteiger partial charge in [0.2, 0.25) is 0 Å². The lowest BCUT2D eigenvalue weighted by molar-refractivity contribution is 0.487. The van der Waals surface area contributed by atoms with Crippen LogP contribution in [0.25, 0.3) is 77.2 Å². The second-order valence-electron chi connectivity index (χ2n) is 14.9. The molecule has 11 rings (SSSR count). The van der Waals surface area contributed by atoms with Crippen molar-refractivity contribution in [1.82, 2.24) is 0 Å². The molecule has 0 saturated carbocycles. The number of nitrogens with zero attached hydrogens (tertiary/aromatic N) is 1. The molecule has 2 heteroatoms. The highest BCUT2D eigenvalue weighted by Gasteiger charge is 2.21. The fourth-order valence-corrected chi connectivity index (χ4v) is 8.57. The predicted molar refractivity (Wildman–Crippen MR) is 243 cm³/mol. The minimum Gasteiger partial charge on any atom is -0.456 e. The Labute approximate surface area is 338 Å². The Morgan fingerprint density at radius 2 is 0.793 bits per heavy atom. The van der Waals surface area contributed by atoms with Gasteiger partial charge in [-0.15, -0.1) is 0 Å². The fourth-order valence-electron chi connectivity index (χ4n) is 8.57. The van der Waals surface area contributed by atoms with Gasteiger partial charge < -0.3 is 9.64 Å². The third-order valence-electron chi connectivity index (χ3n) is 11.5. The highest BCUT2D eigenvalue weighted by atomic mass is 16.5. The number of ether oxygens (including phenoxy) is 1. The Kier molecular flexibility index (Phi) is 8.19. The van der Waals surface area contributed by atoms with E-state index in [1.165, 1.54) is 55.1 Å². The number of hydrogen-bond donors (Lipinski definition) is 0. The van der Waals surface area contributed by atoms with Gasteiger partial charge in [0.1, 0.15) is 11.5 Å². The SMILES string of the molecule is c1ccc(-c2ccc(N(c3ccc(-c4ccc(-c5cccc6ccccc56)cc4)cc3)c3cccc(-c4ccc5c(c4)-c4cccc6cccc(c46)O5)c3)cc2)cc1. The van der Waals surface area contributed by atoms with Crippen LogP contribution in [-0.2, 0) is 0 Å². The molecule has 0 radical (unpaired) electrons. The van der Waals surface area contributed by atoms with Gasteiger partial charge in [0, 0.05) is 28.0 Å². The van der Waals surface area contributed by atoms with Crippen LogP contribution in [0, 0.1) is 0 Å². The van der Waals surface area contributed by atoms with E-state index in [4.69, 9.17) is 4.74 Å². The van der Waals surface area contributed by atoms with E-state index in [2.05, 4.69) is 229 Å². The summed E-state index contributed by atoms with van der Waals surface area (Å²) in [6.45, 7) is 0. The third kappa shape index (κ3) is 6.00. The highest BCUT2D eigenvalue weighted by molar-refractivity contribution is 6.04. The number of anilines is 3. The maximum atomic E-state index is 6.43. The molecule has 0 amide bonds. The topological polar surface area (TPSA) is 12.5 Å². The summed E-state index contributed by atoms with van der Waals surface area (Å²) in [4.78, 5) is 2.35. The van der Waals surface area contributed by atoms with Gasteiger partial charge in [-0.3, -0.25) is 0 Å². The number of fused-ring (bicyclic) bond motifs is 3. The van der Waals surface area contributed by atoms with Gasteiger partial charge in [-0.2, -0.15) is 0 Å². The standard InChI is InChI=1S/C56H37NO/c1-2-10-38(11-3-1)40-26-31-47(32-27-40)57(48-33-28-41(29-34-48)39-22-24-43(25-23-39)51-19-7-13-42-12-4-5-18-50(42)51)49-17-6-16-45(36-49)46-30-35-54-53(37-46)52-20-8-14-44-15-9-21-55(58-54)56(44)52/h1-37H. The van der Waals surface area contributed by atoms with Gasteiger partial charge >= 0.3 is 0 Å². The highest BCUT2D eigenvalue weighted by Crippen LogP contribution is 2.48. The number of hydrogen-bond acceptors (Lipinski definition) is 2. The lowest BCUT2D eigenvalue weighted by atomic mass is 9.92. The third-order valence-corrected chi connectivity index (χ3v) is 11.5. The summed E-state index contributed by atoms with van der Waals surface area (Å²) in [7, 11) is 0. The lowest BCUT2D eigenvalue weighted by Crippen LogP contribution is -2.10. The summed E-state index contributed by atoms with van der Waals surface area (Å²) in [5, 5.41) is 4.88. The Hall–Kier alpha value is -7.68. The molecule has 2 nitrogen and oxygen atoms in total. The molecule has 272 valence electrons. The molecule has 0 atom stereocenters. The molecule has 0 fully saturated rings. The smallest absolute Gasteiger partial charge is 0.135 e. The van der Waals surface area contributed by atoms with E-state index in [1.54, 1.807) is 0 Å². The van der Waals surface area contributed by atoms with E-state index in [-0.39, 0.29) is 0 Å². The summed E-state index contributed by atoms with van der Waals surface area (Å²) >= 11 is 0. The molecule has 0 saturated heterocycles. The molecule has 0 aliphatic carbocycles. The van der Waals surface area contributed by atoms with Crippen LogP contribution >= 0.6 is 0 Å². The van der Waals surface area contributed by atoms with E-state index in [0.717, 1.165) is 50.6 Å². The molecule has 1 heterocycles.